The molecule has 0 aliphatic carbocycles. The molecular weight excluding hydrogens is 186 g/mol. The first-order valence-electron chi connectivity index (χ1n) is 4.15. The van der Waals surface area contributed by atoms with Gasteiger partial charge in [0.05, 0.1) is 10.7 Å². The summed E-state index contributed by atoms with van der Waals surface area (Å²) in [5.41, 5.74) is 7.58. The van der Waals surface area contributed by atoms with Crippen molar-refractivity contribution < 1.29 is 4.79 Å². The van der Waals surface area contributed by atoms with Crippen molar-refractivity contribution in [3.63, 3.8) is 0 Å². The van der Waals surface area contributed by atoms with Crippen LogP contribution in [0.25, 0.3) is 0 Å². The first kappa shape index (κ1) is 10.1. The van der Waals surface area contributed by atoms with Crippen molar-refractivity contribution >= 4 is 23.1 Å². The normalized spacial score (nSPS) is 10.1. The number of anilines is 1. The number of carbonyl (C=O) groups is 1. The molecule has 1 rings (SSSR count). The lowest BCUT2D eigenvalue weighted by Gasteiger charge is -2.06. The summed E-state index contributed by atoms with van der Waals surface area (Å²) in [6.45, 7) is 3.49. The number of benzene rings is 1. The van der Waals surface area contributed by atoms with Gasteiger partial charge in [0.2, 0.25) is 0 Å². The fraction of sp³-hybridized carbons (Fsp3) is 0.300. The highest BCUT2D eigenvalue weighted by atomic mass is 35.5. The zero-order valence-electron chi connectivity index (χ0n) is 7.73. The highest BCUT2D eigenvalue weighted by molar-refractivity contribution is 6.34. The molecule has 0 aliphatic heterocycles. The van der Waals surface area contributed by atoms with Crippen LogP contribution < -0.4 is 5.73 Å². The van der Waals surface area contributed by atoms with E-state index >= 15 is 0 Å². The number of nitrogens with two attached hydrogens (primary N) is 1. The van der Waals surface area contributed by atoms with Gasteiger partial charge in [0, 0.05) is 5.56 Å². The zero-order valence-corrected chi connectivity index (χ0v) is 8.48. The molecule has 0 amide bonds. The SMILES string of the molecule is CCc1cc(Cl)c(N)c(C(C)=O)c1. The summed E-state index contributed by atoms with van der Waals surface area (Å²) in [7, 11) is 0. The predicted molar refractivity (Wildman–Crippen MR) is 55.2 cm³/mol. The Morgan fingerprint density at radius 3 is 2.62 bits per heavy atom. The summed E-state index contributed by atoms with van der Waals surface area (Å²) in [6, 6.07) is 3.59. The van der Waals surface area contributed by atoms with E-state index in [0.717, 1.165) is 12.0 Å². The predicted octanol–water partition coefficient (Wildman–Crippen LogP) is 2.69. The summed E-state index contributed by atoms with van der Waals surface area (Å²) in [5.74, 6) is -0.0466. The highest BCUT2D eigenvalue weighted by Crippen LogP contribution is 2.25. The summed E-state index contributed by atoms with van der Waals surface area (Å²) in [4.78, 5) is 11.1. The van der Waals surface area contributed by atoms with Crippen molar-refractivity contribution in [2.45, 2.75) is 20.3 Å². The Balaban J connectivity index is 3.33. The molecule has 70 valence electrons. The Labute approximate surface area is 82.7 Å². The molecule has 13 heavy (non-hydrogen) atoms. The molecule has 0 bridgehead atoms. The van der Waals surface area contributed by atoms with Gasteiger partial charge in [-0.15, -0.1) is 0 Å². The second-order valence-corrected chi connectivity index (χ2v) is 3.36. The third kappa shape index (κ3) is 2.01. The van der Waals surface area contributed by atoms with Gasteiger partial charge in [-0.1, -0.05) is 18.5 Å². The minimum absolute atomic E-state index is 0.0466. The molecule has 0 fully saturated rings. The Hall–Kier alpha value is -1.02. The minimum Gasteiger partial charge on any atom is -0.397 e. The molecule has 0 atom stereocenters. The minimum atomic E-state index is -0.0466. The number of hydrogen-bond donors (Lipinski definition) is 1. The Morgan fingerprint density at radius 1 is 1.54 bits per heavy atom. The third-order valence-electron chi connectivity index (χ3n) is 1.98. The van der Waals surface area contributed by atoms with Crippen molar-refractivity contribution in [3.05, 3.63) is 28.3 Å². The second kappa shape index (κ2) is 3.79. The molecular formula is C10H12ClNO. The molecule has 1 aromatic carbocycles. The van der Waals surface area contributed by atoms with Gasteiger partial charge < -0.3 is 5.73 Å². The lowest BCUT2D eigenvalue weighted by molar-refractivity contribution is 0.101. The molecule has 3 heteroatoms. The van der Waals surface area contributed by atoms with Crippen LogP contribution in [0.15, 0.2) is 12.1 Å². The van der Waals surface area contributed by atoms with E-state index in [0.29, 0.717) is 16.3 Å². The van der Waals surface area contributed by atoms with Crippen molar-refractivity contribution in [1.29, 1.82) is 0 Å². The first-order chi connectivity index (χ1) is 6.06. The molecule has 0 saturated carbocycles. The molecule has 0 aliphatic rings. The van der Waals surface area contributed by atoms with Crippen LogP contribution in [-0.2, 0) is 6.42 Å². The molecule has 2 nitrogen and oxygen atoms in total. The molecule has 0 unspecified atom stereocenters. The summed E-state index contributed by atoms with van der Waals surface area (Å²) in [5, 5.41) is 0.463. The molecule has 0 heterocycles. The van der Waals surface area contributed by atoms with E-state index in [1.807, 2.05) is 6.92 Å². The Bertz CT molecular complexity index is 347. The fourth-order valence-electron chi connectivity index (χ4n) is 1.17. The van der Waals surface area contributed by atoms with Gasteiger partial charge in [0.1, 0.15) is 0 Å². The van der Waals surface area contributed by atoms with Gasteiger partial charge in [0.25, 0.3) is 0 Å². The smallest absolute Gasteiger partial charge is 0.161 e. The zero-order chi connectivity index (χ0) is 10.0. The van der Waals surface area contributed by atoms with E-state index in [2.05, 4.69) is 0 Å². The van der Waals surface area contributed by atoms with Gasteiger partial charge in [-0.05, 0) is 31.0 Å². The molecule has 0 saturated heterocycles. The van der Waals surface area contributed by atoms with Crippen molar-refractivity contribution in [1.82, 2.24) is 0 Å². The summed E-state index contributed by atoms with van der Waals surface area (Å²) in [6.07, 6.45) is 0.847. The molecule has 0 spiro atoms. The van der Waals surface area contributed by atoms with Gasteiger partial charge in [-0.25, -0.2) is 0 Å². The average Bonchev–Trinajstić information content (AvgIpc) is 2.09. The standard InChI is InChI=1S/C10H12ClNO/c1-3-7-4-8(6(2)13)10(12)9(11)5-7/h4-5H,3,12H2,1-2H3. The van der Waals surface area contributed by atoms with Crippen LogP contribution in [0.1, 0.15) is 29.8 Å². The third-order valence-corrected chi connectivity index (χ3v) is 2.29. The van der Waals surface area contributed by atoms with E-state index in [1.54, 1.807) is 12.1 Å². The number of ketones is 1. The van der Waals surface area contributed by atoms with Crippen LogP contribution in [0.3, 0.4) is 0 Å². The Kier molecular flexibility index (Phi) is 2.94. The van der Waals surface area contributed by atoms with Crippen LogP contribution in [-0.4, -0.2) is 5.78 Å². The number of Topliss-reactive ketones (excluding diaryl/α,β-unsaturated/α-hetero) is 1. The number of hydrogen-bond acceptors (Lipinski definition) is 2. The van der Waals surface area contributed by atoms with Crippen molar-refractivity contribution in [3.8, 4) is 0 Å². The quantitative estimate of drug-likeness (QED) is 0.585. The van der Waals surface area contributed by atoms with Crippen LogP contribution in [0.5, 0.6) is 0 Å². The topological polar surface area (TPSA) is 43.1 Å². The maximum atomic E-state index is 11.1. The van der Waals surface area contributed by atoms with Crippen LogP contribution in [0, 0.1) is 0 Å². The average molecular weight is 198 g/mol. The maximum Gasteiger partial charge on any atom is 0.161 e. The van der Waals surface area contributed by atoms with Gasteiger partial charge in [0.15, 0.2) is 5.78 Å². The summed E-state index contributed by atoms with van der Waals surface area (Å²) < 4.78 is 0. The number of nitrogen functional groups attached to an aromatic ring is 1. The van der Waals surface area contributed by atoms with Crippen LogP contribution in [0.4, 0.5) is 5.69 Å². The van der Waals surface area contributed by atoms with E-state index in [9.17, 15) is 4.79 Å². The maximum absolute atomic E-state index is 11.1. The first-order valence-corrected chi connectivity index (χ1v) is 4.53. The largest absolute Gasteiger partial charge is 0.397 e. The monoisotopic (exact) mass is 197 g/mol. The molecule has 0 radical (unpaired) electrons. The molecule has 0 aromatic heterocycles. The van der Waals surface area contributed by atoms with Crippen molar-refractivity contribution in [2.75, 3.05) is 5.73 Å². The lowest BCUT2D eigenvalue weighted by atomic mass is 10.0. The number of rotatable bonds is 2. The van der Waals surface area contributed by atoms with Crippen LogP contribution in [0.2, 0.25) is 5.02 Å². The second-order valence-electron chi connectivity index (χ2n) is 2.95. The van der Waals surface area contributed by atoms with E-state index in [-0.39, 0.29) is 5.78 Å². The van der Waals surface area contributed by atoms with Gasteiger partial charge >= 0.3 is 0 Å². The molecule has 2 N–H and O–H groups in total. The summed E-state index contributed by atoms with van der Waals surface area (Å²) >= 11 is 5.86. The fourth-order valence-corrected chi connectivity index (χ4v) is 1.41. The van der Waals surface area contributed by atoms with Gasteiger partial charge in [-0.2, -0.15) is 0 Å². The van der Waals surface area contributed by atoms with Crippen molar-refractivity contribution in [2.24, 2.45) is 0 Å². The number of carbonyl (C=O) groups excluding carboxylic acids is 1. The number of aryl methyl sites for hydroxylation is 1. The lowest BCUT2D eigenvalue weighted by Crippen LogP contribution is -2.01. The Morgan fingerprint density at radius 2 is 2.15 bits per heavy atom. The van der Waals surface area contributed by atoms with Gasteiger partial charge in [-0.3, -0.25) is 4.79 Å². The van der Waals surface area contributed by atoms with E-state index < -0.39 is 0 Å². The number of halogens is 1. The molecule has 1 aromatic rings. The highest BCUT2D eigenvalue weighted by Gasteiger charge is 2.09. The van der Waals surface area contributed by atoms with E-state index in [4.69, 9.17) is 17.3 Å². The van der Waals surface area contributed by atoms with Crippen LogP contribution >= 0.6 is 11.6 Å². The van der Waals surface area contributed by atoms with E-state index in [1.165, 1.54) is 6.92 Å².